The molecule has 0 N–H and O–H groups in total. The van der Waals surface area contributed by atoms with Gasteiger partial charge in [0.15, 0.2) is 0 Å². The summed E-state index contributed by atoms with van der Waals surface area (Å²) in [6.07, 6.45) is 0. The third-order valence-corrected chi connectivity index (χ3v) is 0. The summed E-state index contributed by atoms with van der Waals surface area (Å²) in [4.78, 5) is 16.5. The van der Waals surface area contributed by atoms with Crippen molar-refractivity contribution in [3.63, 3.8) is 0 Å². The summed E-state index contributed by atoms with van der Waals surface area (Å²) in [5.74, 6) is 0. The van der Waals surface area contributed by atoms with Gasteiger partial charge in [0.05, 0.1) is 10.2 Å². The van der Waals surface area contributed by atoms with E-state index in [1.807, 2.05) is 0 Å². The van der Waals surface area contributed by atoms with Crippen LogP contribution in [0.15, 0.2) is 0 Å². The summed E-state index contributed by atoms with van der Waals surface area (Å²) < 4.78 is 0. The Hall–Kier alpha value is -0.561. The number of hydrogen-bond acceptors (Lipinski definition) is 6. The first-order valence-electron chi connectivity index (χ1n) is 1.10. The van der Waals surface area contributed by atoms with Crippen LogP contribution < -0.4 is 0 Å². The maximum Gasteiger partial charge on any atom is 3.00 e. The molecule has 10 heteroatoms. The van der Waals surface area contributed by atoms with Crippen LogP contribution in [-0.4, -0.2) is 10.2 Å². The van der Waals surface area contributed by atoms with Gasteiger partial charge in [0.2, 0.25) is 0 Å². The smallest absolute Gasteiger partial charge is 0.356 e. The normalized spacial score (nSPS) is 4.80. The maximum absolute atomic E-state index is 8.25. The van der Waals surface area contributed by atoms with Crippen LogP contribution in [0.25, 0.3) is 0 Å². The molecule has 0 heterocycles. The molecule has 0 atom stereocenters. The fourth-order valence-corrected chi connectivity index (χ4v) is 0. The van der Waals surface area contributed by atoms with Crippen molar-refractivity contribution in [2.24, 2.45) is 0 Å². The maximum atomic E-state index is 8.25. The molecule has 0 bridgehead atoms. The zero-order valence-corrected chi connectivity index (χ0v) is 6.26. The zero-order valence-electron chi connectivity index (χ0n) is 4.05. The summed E-state index contributed by atoms with van der Waals surface area (Å²) in [5.41, 5.74) is 0. The minimum absolute atomic E-state index is 0. The van der Waals surface area contributed by atoms with E-state index in [-0.39, 0.29) is 34.1 Å². The third kappa shape index (κ3) is 980. The van der Waals surface area contributed by atoms with Crippen molar-refractivity contribution < 1.29 is 44.3 Å². The SMILES string of the molecule is O=[N+]([O-])[O-].O=[N+]([O-])[O-].[Fe+3].[Fe+3]. The summed E-state index contributed by atoms with van der Waals surface area (Å²) in [6.45, 7) is 0. The molecule has 0 aliphatic heterocycles. The van der Waals surface area contributed by atoms with Crippen LogP contribution in [0.3, 0.4) is 0 Å². The van der Waals surface area contributed by atoms with E-state index in [1.54, 1.807) is 0 Å². The molecule has 0 aliphatic carbocycles. The molecule has 0 aromatic carbocycles. The first-order valence-corrected chi connectivity index (χ1v) is 1.10. The van der Waals surface area contributed by atoms with Gasteiger partial charge in [-0.1, -0.05) is 0 Å². The molecule has 0 saturated heterocycles. The molecule has 0 fully saturated rings. The Morgan fingerprint density at radius 1 is 0.700 bits per heavy atom. The zero-order chi connectivity index (χ0) is 7.15. The molecular formula is Fe2N2O6+4. The van der Waals surface area contributed by atoms with E-state index in [9.17, 15) is 0 Å². The standard InChI is InChI=1S/2Fe.2NO3/c;;2*2-1(3)4/q2*+3;2*-1. The Morgan fingerprint density at radius 2 is 0.700 bits per heavy atom. The summed E-state index contributed by atoms with van der Waals surface area (Å²) in [6, 6.07) is 0. The fourth-order valence-electron chi connectivity index (χ4n) is 0. The van der Waals surface area contributed by atoms with E-state index in [4.69, 9.17) is 30.6 Å². The summed E-state index contributed by atoms with van der Waals surface area (Å²) in [5, 5.41) is 29.5. The van der Waals surface area contributed by atoms with Crippen LogP contribution in [0.4, 0.5) is 0 Å². The molecule has 8 nitrogen and oxygen atoms in total. The monoisotopic (exact) mass is 236 g/mol. The van der Waals surface area contributed by atoms with Crippen LogP contribution in [0.1, 0.15) is 0 Å². The largest absolute Gasteiger partial charge is 3.00 e. The Balaban J connectivity index is -0.0000000300. The van der Waals surface area contributed by atoms with Gasteiger partial charge in [-0.2, -0.15) is 0 Å². The summed E-state index contributed by atoms with van der Waals surface area (Å²) >= 11 is 0. The van der Waals surface area contributed by atoms with E-state index in [0.29, 0.717) is 0 Å². The van der Waals surface area contributed by atoms with Crippen molar-refractivity contribution in [2.75, 3.05) is 0 Å². The first-order chi connectivity index (χ1) is 3.46. The number of hydrogen-bond donors (Lipinski definition) is 0. The predicted octanol–water partition coefficient (Wildman–Crippen LogP) is -0.483. The van der Waals surface area contributed by atoms with Crippen LogP contribution >= 0.6 is 0 Å². The molecule has 0 rings (SSSR count). The molecule has 10 heavy (non-hydrogen) atoms. The first kappa shape index (κ1) is 22.7. The van der Waals surface area contributed by atoms with Gasteiger partial charge in [-0.05, 0) is 0 Å². The second kappa shape index (κ2) is 15.8. The molecule has 0 unspecified atom stereocenters. The van der Waals surface area contributed by atoms with Crippen molar-refractivity contribution in [3.8, 4) is 0 Å². The molecule has 0 aromatic heterocycles. The van der Waals surface area contributed by atoms with Crippen molar-refractivity contribution >= 4 is 0 Å². The molecule has 2 radical (unpaired) electrons. The minimum Gasteiger partial charge on any atom is -0.356 e. The van der Waals surface area contributed by atoms with E-state index in [0.717, 1.165) is 0 Å². The van der Waals surface area contributed by atoms with Gasteiger partial charge in [-0.3, -0.25) is 0 Å². The molecule has 0 aliphatic rings. The van der Waals surface area contributed by atoms with E-state index in [1.165, 1.54) is 0 Å². The molecule has 0 amide bonds. The van der Waals surface area contributed by atoms with Gasteiger partial charge in [0.1, 0.15) is 0 Å². The van der Waals surface area contributed by atoms with Crippen LogP contribution in [0.5, 0.6) is 0 Å². The summed E-state index contributed by atoms with van der Waals surface area (Å²) in [7, 11) is 0. The molecular weight excluding hydrogens is 236 g/mol. The van der Waals surface area contributed by atoms with Crippen LogP contribution in [-0.2, 0) is 34.1 Å². The Bertz CT molecular complexity index is 71.7. The average molecular weight is 236 g/mol. The Labute approximate surface area is 75.4 Å². The molecule has 58 valence electrons. The van der Waals surface area contributed by atoms with Crippen molar-refractivity contribution in [2.45, 2.75) is 0 Å². The van der Waals surface area contributed by atoms with Crippen molar-refractivity contribution in [1.29, 1.82) is 0 Å². The van der Waals surface area contributed by atoms with Crippen molar-refractivity contribution in [3.05, 3.63) is 30.6 Å². The quantitative estimate of drug-likeness (QED) is 0.316. The Kier molecular flexibility index (Phi) is 35.9. The fraction of sp³-hybridized carbons (Fsp3) is 0. The van der Waals surface area contributed by atoms with Gasteiger partial charge in [0, 0.05) is 0 Å². The van der Waals surface area contributed by atoms with E-state index >= 15 is 0 Å². The average Bonchev–Trinajstić information content (AvgIpc) is 1.25. The van der Waals surface area contributed by atoms with Gasteiger partial charge in [-0.25, -0.2) is 0 Å². The Morgan fingerprint density at radius 3 is 0.700 bits per heavy atom. The molecule has 0 saturated carbocycles. The van der Waals surface area contributed by atoms with Gasteiger partial charge in [0.25, 0.3) is 0 Å². The van der Waals surface area contributed by atoms with Gasteiger partial charge in [-0.15, -0.1) is 0 Å². The van der Waals surface area contributed by atoms with Crippen LogP contribution in [0, 0.1) is 30.6 Å². The topological polar surface area (TPSA) is 132 Å². The van der Waals surface area contributed by atoms with Gasteiger partial charge < -0.3 is 30.6 Å². The van der Waals surface area contributed by atoms with Crippen LogP contribution in [0.2, 0.25) is 0 Å². The number of nitrogens with zero attached hydrogens (tertiary/aromatic N) is 2. The third-order valence-electron chi connectivity index (χ3n) is 0. The minimum atomic E-state index is -1.75. The second-order valence-electron chi connectivity index (χ2n) is 0.447. The van der Waals surface area contributed by atoms with Gasteiger partial charge >= 0.3 is 34.1 Å². The predicted molar refractivity (Wildman–Crippen MR) is 20.7 cm³/mol. The van der Waals surface area contributed by atoms with E-state index < -0.39 is 10.2 Å². The van der Waals surface area contributed by atoms with Crippen molar-refractivity contribution in [1.82, 2.24) is 0 Å². The van der Waals surface area contributed by atoms with E-state index in [2.05, 4.69) is 0 Å². The molecule has 0 aromatic rings. The number of rotatable bonds is 0. The second-order valence-corrected chi connectivity index (χ2v) is 0.447. The molecule has 0 spiro atoms.